The van der Waals surface area contributed by atoms with Crippen molar-refractivity contribution in [1.29, 1.82) is 0 Å². The number of anilines is 1. The Morgan fingerprint density at radius 2 is 2.21 bits per heavy atom. The van der Waals surface area contributed by atoms with Crippen LogP contribution in [0.2, 0.25) is 0 Å². The minimum absolute atomic E-state index is 0. The maximum Gasteiger partial charge on any atom is 0.341 e. The fraction of sp³-hybridized carbons (Fsp3) is 0.474. The molecule has 28 heavy (non-hydrogen) atoms. The molecule has 4 rings (SSSR count). The third-order valence-electron chi connectivity index (χ3n) is 5.34. The second-order valence-corrected chi connectivity index (χ2v) is 8.16. The zero-order valence-electron chi connectivity index (χ0n) is 15.5. The summed E-state index contributed by atoms with van der Waals surface area (Å²) in [6.45, 7) is 6.06. The average Bonchev–Trinajstić information content (AvgIpc) is 3.10. The van der Waals surface area contributed by atoms with E-state index in [0.717, 1.165) is 43.2 Å². The van der Waals surface area contributed by atoms with Crippen LogP contribution < -0.4 is 15.6 Å². The summed E-state index contributed by atoms with van der Waals surface area (Å²) in [6.07, 6.45) is 2.40. The molecule has 1 aromatic heterocycles. The fourth-order valence-electron chi connectivity index (χ4n) is 4.05. The predicted octanol–water partition coefficient (Wildman–Crippen LogP) is 2.80. The Bertz CT molecular complexity index is 981. The largest absolute Gasteiger partial charge is 0.477 e. The molecule has 1 atom stereocenters. The monoisotopic (exact) mass is 427 g/mol. The molecule has 2 aromatic rings. The van der Waals surface area contributed by atoms with Gasteiger partial charge >= 0.3 is 5.97 Å². The van der Waals surface area contributed by atoms with Crippen LogP contribution in [0.5, 0.6) is 0 Å². The van der Waals surface area contributed by atoms with E-state index in [4.69, 9.17) is 0 Å². The van der Waals surface area contributed by atoms with Crippen LogP contribution in [0.25, 0.3) is 10.9 Å². The maximum atomic E-state index is 15.1. The number of pyridine rings is 1. The van der Waals surface area contributed by atoms with E-state index in [-0.39, 0.29) is 23.4 Å². The van der Waals surface area contributed by atoms with Gasteiger partial charge in [0, 0.05) is 31.6 Å². The van der Waals surface area contributed by atoms with E-state index in [1.54, 1.807) is 16.3 Å². The topological polar surface area (TPSA) is 74.6 Å². The molecule has 1 aromatic carbocycles. The summed E-state index contributed by atoms with van der Waals surface area (Å²) in [7, 11) is 0. The molecule has 2 N–H and O–H groups in total. The van der Waals surface area contributed by atoms with Crippen molar-refractivity contribution >= 4 is 46.7 Å². The van der Waals surface area contributed by atoms with Crippen LogP contribution in [0.4, 0.5) is 10.1 Å². The summed E-state index contributed by atoms with van der Waals surface area (Å²) in [5, 5.41) is 12.8. The Morgan fingerprint density at radius 3 is 2.93 bits per heavy atom. The Morgan fingerprint density at radius 1 is 1.43 bits per heavy atom. The minimum atomic E-state index is -1.28. The number of halogens is 2. The number of hydrogen-bond donors (Lipinski definition) is 2. The first kappa shape index (κ1) is 21.0. The van der Waals surface area contributed by atoms with E-state index in [0.29, 0.717) is 23.7 Å². The first-order valence-electron chi connectivity index (χ1n) is 9.22. The van der Waals surface area contributed by atoms with Gasteiger partial charge in [0.15, 0.2) is 0 Å². The number of carbonyl (C=O) groups is 1. The van der Waals surface area contributed by atoms with Gasteiger partial charge in [0.05, 0.1) is 21.5 Å². The summed E-state index contributed by atoms with van der Waals surface area (Å²) >= 11 is 1.55. The lowest BCUT2D eigenvalue weighted by Crippen LogP contribution is -2.28. The van der Waals surface area contributed by atoms with Crippen LogP contribution in [0.1, 0.15) is 23.7 Å². The highest BCUT2D eigenvalue weighted by molar-refractivity contribution is 7.99. The number of benzene rings is 1. The zero-order chi connectivity index (χ0) is 19.1. The molecule has 0 amide bonds. The Hall–Kier alpha value is -1.77. The molecule has 1 fully saturated rings. The molecular formula is C19H23ClFN3O3S. The number of nitrogens with zero attached hydrogens (tertiary/aromatic N) is 2. The van der Waals surface area contributed by atoms with Gasteiger partial charge in [-0.15, -0.1) is 24.2 Å². The molecule has 0 saturated carbocycles. The third-order valence-corrected chi connectivity index (χ3v) is 6.40. The normalized spacial score (nSPS) is 18.4. The SMILES string of the molecule is CCNCC1CCN(c2c(F)cc3c(=O)c(C(=O)O)cn4c3c2SCC4)C1.Cl. The van der Waals surface area contributed by atoms with Crippen LogP contribution in [-0.2, 0) is 6.54 Å². The molecule has 2 aliphatic heterocycles. The number of nitrogens with one attached hydrogen (secondary N) is 1. The van der Waals surface area contributed by atoms with Crippen molar-refractivity contribution in [3.63, 3.8) is 0 Å². The smallest absolute Gasteiger partial charge is 0.341 e. The van der Waals surface area contributed by atoms with Gasteiger partial charge in [0.2, 0.25) is 5.43 Å². The Labute approximate surface area is 172 Å². The molecular weight excluding hydrogens is 405 g/mol. The highest BCUT2D eigenvalue weighted by Crippen LogP contribution is 2.42. The molecule has 0 bridgehead atoms. The quantitative estimate of drug-likeness (QED) is 0.764. The second kappa shape index (κ2) is 8.31. The van der Waals surface area contributed by atoms with E-state index in [2.05, 4.69) is 17.1 Å². The van der Waals surface area contributed by atoms with Crippen molar-refractivity contribution in [2.75, 3.05) is 36.8 Å². The Kier molecular flexibility index (Phi) is 6.21. The van der Waals surface area contributed by atoms with Gasteiger partial charge in [-0.25, -0.2) is 9.18 Å². The van der Waals surface area contributed by atoms with E-state index in [9.17, 15) is 14.7 Å². The lowest BCUT2D eigenvalue weighted by atomic mass is 10.1. The molecule has 0 radical (unpaired) electrons. The minimum Gasteiger partial charge on any atom is -0.477 e. The molecule has 3 heterocycles. The lowest BCUT2D eigenvalue weighted by molar-refractivity contribution is 0.0695. The number of aromatic nitrogens is 1. The number of aromatic carboxylic acids is 1. The van der Waals surface area contributed by atoms with Gasteiger partial charge < -0.3 is 19.9 Å². The molecule has 9 heteroatoms. The number of carboxylic acids is 1. The first-order chi connectivity index (χ1) is 13.0. The second-order valence-electron chi connectivity index (χ2n) is 7.06. The van der Waals surface area contributed by atoms with Crippen molar-refractivity contribution in [2.24, 2.45) is 5.92 Å². The predicted molar refractivity (Wildman–Crippen MR) is 112 cm³/mol. The highest BCUT2D eigenvalue weighted by atomic mass is 35.5. The van der Waals surface area contributed by atoms with Crippen LogP contribution in [-0.4, -0.2) is 47.6 Å². The van der Waals surface area contributed by atoms with E-state index in [1.165, 1.54) is 12.3 Å². The molecule has 1 saturated heterocycles. The van der Waals surface area contributed by atoms with Crippen LogP contribution >= 0.6 is 24.2 Å². The number of thioether (sulfide) groups is 1. The van der Waals surface area contributed by atoms with Crippen molar-refractivity contribution in [3.05, 3.63) is 33.9 Å². The van der Waals surface area contributed by atoms with Gasteiger partial charge in [-0.2, -0.15) is 0 Å². The molecule has 0 aliphatic carbocycles. The van der Waals surface area contributed by atoms with Crippen molar-refractivity contribution in [2.45, 2.75) is 24.8 Å². The Balaban J connectivity index is 0.00000225. The van der Waals surface area contributed by atoms with Gasteiger partial charge in [-0.3, -0.25) is 4.79 Å². The summed E-state index contributed by atoms with van der Waals surface area (Å²) in [4.78, 5) is 26.8. The van der Waals surface area contributed by atoms with Gasteiger partial charge in [-0.1, -0.05) is 6.92 Å². The van der Waals surface area contributed by atoms with Gasteiger partial charge in [-0.05, 0) is 31.5 Å². The average molecular weight is 428 g/mol. The van der Waals surface area contributed by atoms with Crippen molar-refractivity contribution < 1.29 is 14.3 Å². The summed E-state index contributed by atoms with van der Waals surface area (Å²) in [5.74, 6) is -0.532. The third kappa shape index (κ3) is 3.49. The lowest BCUT2D eigenvalue weighted by Gasteiger charge is -2.28. The van der Waals surface area contributed by atoms with Crippen LogP contribution in [0.15, 0.2) is 22.0 Å². The van der Waals surface area contributed by atoms with Crippen LogP contribution in [0, 0.1) is 11.7 Å². The number of carboxylic acid groups (broad SMARTS) is 1. The van der Waals surface area contributed by atoms with Gasteiger partial charge in [0.1, 0.15) is 11.4 Å². The molecule has 1 unspecified atom stereocenters. The highest BCUT2D eigenvalue weighted by Gasteiger charge is 2.30. The molecule has 152 valence electrons. The van der Waals surface area contributed by atoms with Crippen molar-refractivity contribution in [3.8, 4) is 0 Å². The summed E-state index contributed by atoms with van der Waals surface area (Å²) in [6, 6.07) is 1.23. The maximum absolute atomic E-state index is 15.1. The van der Waals surface area contributed by atoms with E-state index >= 15 is 4.39 Å². The molecule has 0 spiro atoms. The zero-order valence-corrected chi connectivity index (χ0v) is 17.2. The fourth-order valence-corrected chi connectivity index (χ4v) is 5.26. The van der Waals surface area contributed by atoms with Crippen LogP contribution in [0.3, 0.4) is 0 Å². The standard InChI is InChI=1S/C19H22FN3O3S.ClH/c1-2-21-8-11-3-4-22(9-11)16-14(20)7-12-15-18(16)27-6-5-23(15)10-13(17(12)24)19(25)26;/h7,10-11,21H,2-6,8-9H2,1H3,(H,25,26);1H. The summed E-state index contributed by atoms with van der Waals surface area (Å²) < 4.78 is 16.9. The van der Waals surface area contributed by atoms with Gasteiger partial charge in [0.25, 0.3) is 0 Å². The van der Waals surface area contributed by atoms with E-state index < -0.39 is 17.2 Å². The molecule has 6 nitrogen and oxygen atoms in total. The number of aryl methyl sites for hydroxylation is 1. The van der Waals surface area contributed by atoms with Crippen molar-refractivity contribution in [1.82, 2.24) is 9.88 Å². The molecule has 2 aliphatic rings. The summed E-state index contributed by atoms with van der Waals surface area (Å²) in [5.41, 5.74) is 0.295. The number of rotatable bonds is 5. The number of hydrogen-bond acceptors (Lipinski definition) is 5. The van der Waals surface area contributed by atoms with E-state index in [1.807, 2.05) is 0 Å². The first-order valence-corrected chi connectivity index (χ1v) is 10.2.